The molecule has 0 atom stereocenters. The Kier molecular flexibility index (Phi) is 7.05. The molecular weight excluding hydrogens is 402 g/mol. The maximum absolute atomic E-state index is 11.9. The molecule has 7 heteroatoms. The summed E-state index contributed by atoms with van der Waals surface area (Å²) in [4.78, 5) is 21.0. The number of hydrogen-bond acceptors (Lipinski definition) is 6. The van der Waals surface area contributed by atoms with Crippen LogP contribution >= 0.6 is 0 Å². The standard InChI is InChI=1S/C25H25N5O2/c26-12-16-29-25(31)20-5-3-19(4-6-20)23-11-15-28-24(30-23)17-18-1-7-21(8-2-18)32-22-9-13-27-14-10-22/h1-8,11,15,22,27H,9-10,13-14,16-17H2,(H,29,31). The van der Waals surface area contributed by atoms with E-state index in [1.807, 2.05) is 36.4 Å². The number of nitriles is 1. The van der Waals surface area contributed by atoms with Gasteiger partial charge in [0.15, 0.2) is 0 Å². The fraction of sp³-hybridized carbons (Fsp3) is 0.280. The maximum Gasteiger partial charge on any atom is 0.252 e. The Hall–Kier alpha value is -3.76. The number of aromatic nitrogens is 2. The van der Waals surface area contributed by atoms with E-state index in [9.17, 15) is 4.79 Å². The van der Waals surface area contributed by atoms with E-state index in [2.05, 4.69) is 32.7 Å². The number of carbonyl (C=O) groups is 1. The predicted molar refractivity (Wildman–Crippen MR) is 121 cm³/mol. The first kappa shape index (κ1) is 21.5. The predicted octanol–water partition coefficient (Wildman–Crippen LogP) is 3.12. The summed E-state index contributed by atoms with van der Waals surface area (Å²) in [6.45, 7) is 2.00. The van der Waals surface area contributed by atoms with Gasteiger partial charge >= 0.3 is 0 Å². The largest absolute Gasteiger partial charge is 0.490 e. The average Bonchev–Trinajstić information content (AvgIpc) is 2.85. The number of piperidine rings is 1. The van der Waals surface area contributed by atoms with Crippen molar-refractivity contribution in [1.29, 1.82) is 5.26 Å². The number of ether oxygens (including phenoxy) is 1. The molecule has 1 aliphatic heterocycles. The van der Waals surface area contributed by atoms with E-state index >= 15 is 0 Å². The maximum atomic E-state index is 11.9. The van der Waals surface area contributed by atoms with Gasteiger partial charge in [-0.1, -0.05) is 24.3 Å². The monoisotopic (exact) mass is 427 g/mol. The number of benzene rings is 2. The molecule has 3 aromatic rings. The van der Waals surface area contributed by atoms with Crippen LogP contribution in [0.5, 0.6) is 5.75 Å². The van der Waals surface area contributed by atoms with Crippen molar-refractivity contribution in [2.45, 2.75) is 25.4 Å². The van der Waals surface area contributed by atoms with Gasteiger partial charge in [0.2, 0.25) is 0 Å². The van der Waals surface area contributed by atoms with Crippen LogP contribution in [-0.2, 0) is 6.42 Å². The second-order valence-corrected chi connectivity index (χ2v) is 7.66. The lowest BCUT2D eigenvalue weighted by molar-refractivity contribution is 0.0958. The Morgan fingerprint density at radius 3 is 2.56 bits per heavy atom. The van der Waals surface area contributed by atoms with Gasteiger partial charge in [-0.2, -0.15) is 5.26 Å². The van der Waals surface area contributed by atoms with Crippen molar-refractivity contribution in [2.75, 3.05) is 19.6 Å². The van der Waals surface area contributed by atoms with E-state index in [0.717, 1.165) is 54.3 Å². The van der Waals surface area contributed by atoms with Gasteiger partial charge in [-0.25, -0.2) is 9.97 Å². The number of rotatable bonds is 7. The summed E-state index contributed by atoms with van der Waals surface area (Å²) < 4.78 is 6.07. The summed E-state index contributed by atoms with van der Waals surface area (Å²) >= 11 is 0. The Bertz CT molecular complexity index is 1080. The summed E-state index contributed by atoms with van der Waals surface area (Å²) in [5, 5.41) is 14.5. The molecule has 4 rings (SSSR count). The molecule has 2 aromatic carbocycles. The molecule has 1 fully saturated rings. The minimum absolute atomic E-state index is 0.0129. The number of hydrogen-bond donors (Lipinski definition) is 2. The van der Waals surface area contributed by atoms with Gasteiger partial charge in [-0.15, -0.1) is 0 Å². The van der Waals surface area contributed by atoms with Crippen molar-refractivity contribution in [3.8, 4) is 23.1 Å². The van der Waals surface area contributed by atoms with Crippen molar-refractivity contribution in [2.24, 2.45) is 0 Å². The number of amides is 1. The van der Waals surface area contributed by atoms with Gasteiger partial charge in [-0.05, 0) is 61.8 Å². The molecule has 0 bridgehead atoms. The van der Waals surface area contributed by atoms with Crippen LogP contribution in [0.3, 0.4) is 0 Å². The van der Waals surface area contributed by atoms with Crippen molar-refractivity contribution in [3.63, 3.8) is 0 Å². The van der Waals surface area contributed by atoms with Gasteiger partial charge in [0.1, 0.15) is 24.2 Å². The average molecular weight is 428 g/mol. The summed E-state index contributed by atoms with van der Waals surface area (Å²) in [5.41, 5.74) is 3.32. The van der Waals surface area contributed by atoms with Crippen LogP contribution in [0.25, 0.3) is 11.3 Å². The molecule has 1 saturated heterocycles. The highest BCUT2D eigenvalue weighted by molar-refractivity contribution is 5.94. The van der Waals surface area contributed by atoms with Gasteiger partial charge < -0.3 is 15.4 Å². The van der Waals surface area contributed by atoms with Crippen molar-refractivity contribution < 1.29 is 9.53 Å². The van der Waals surface area contributed by atoms with Gasteiger partial charge in [-0.3, -0.25) is 4.79 Å². The van der Waals surface area contributed by atoms with E-state index in [-0.39, 0.29) is 18.6 Å². The SMILES string of the molecule is N#CCNC(=O)c1ccc(-c2ccnc(Cc3ccc(OC4CCNCC4)cc3)n2)cc1. The fourth-order valence-corrected chi connectivity index (χ4v) is 3.63. The molecule has 0 spiro atoms. The Balaban J connectivity index is 1.39. The third kappa shape index (κ3) is 5.68. The molecule has 162 valence electrons. The normalized spacial score (nSPS) is 13.8. The van der Waals surface area contributed by atoms with E-state index < -0.39 is 0 Å². The number of nitrogens with zero attached hydrogens (tertiary/aromatic N) is 3. The first-order chi connectivity index (χ1) is 15.7. The van der Waals surface area contributed by atoms with Crippen LogP contribution in [0, 0.1) is 11.3 Å². The molecule has 7 nitrogen and oxygen atoms in total. The molecule has 1 amide bonds. The third-order valence-electron chi connectivity index (χ3n) is 5.35. The lowest BCUT2D eigenvalue weighted by atomic mass is 10.1. The second kappa shape index (κ2) is 10.5. The van der Waals surface area contributed by atoms with Crippen LogP contribution in [0.4, 0.5) is 0 Å². The zero-order valence-corrected chi connectivity index (χ0v) is 17.8. The lowest BCUT2D eigenvalue weighted by Crippen LogP contribution is -2.34. The van der Waals surface area contributed by atoms with Crippen LogP contribution < -0.4 is 15.4 Å². The smallest absolute Gasteiger partial charge is 0.252 e. The van der Waals surface area contributed by atoms with Crippen molar-refractivity contribution >= 4 is 5.91 Å². The van der Waals surface area contributed by atoms with Crippen molar-refractivity contribution in [1.82, 2.24) is 20.6 Å². The van der Waals surface area contributed by atoms with E-state index in [1.54, 1.807) is 18.3 Å². The summed E-state index contributed by atoms with van der Waals surface area (Å²) in [6.07, 6.45) is 4.73. The number of carbonyl (C=O) groups excluding carboxylic acids is 1. The highest BCUT2D eigenvalue weighted by atomic mass is 16.5. The molecule has 0 aliphatic carbocycles. The zero-order chi connectivity index (χ0) is 22.2. The Morgan fingerprint density at radius 2 is 1.84 bits per heavy atom. The third-order valence-corrected chi connectivity index (χ3v) is 5.35. The Labute approximate surface area is 187 Å². The zero-order valence-electron chi connectivity index (χ0n) is 17.8. The van der Waals surface area contributed by atoms with Crippen LogP contribution in [0.15, 0.2) is 60.8 Å². The molecule has 0 saturated carbocycles. The summed E-state index contributed by atoms with van der Waals surface area (Å²) in [6, 6.07) is 19.0. The topological polar surface area (TPSA) is 99.9 Å². The van der Waals surface area contributed by atoms with Crippen LogP contribution in [0.1, 0.15) is 34.6 Å². The molecular formula is C25H25N5O2. The van der Waals surface area contributed by atoms with Gasteiger partial charge in [0.05, 0.1) is 11.8 Å². The highest BCUT2D eigenvalue weighted by Crippen LogP contribution is 2.20. The molecule has 2 heterocycles. The number of nitrogens with one attached hydrogen (secondary N) is 2. The minimum Gasteiger partial charge on any atom is -0.490 e. The minimum atomic E-state index is -0.269. The summed E-state index contributed by atoms with van der Waals surface area (Å²) in [7, 11) is 0. The first-order valence-corrected chi connectivity index (χ1v) is 10.7. The van der Waals surface area contributed by atoms with Crippen LogP contribution in [-0.4, -0.2) is 41.6 Å². The van der Waals surface area contributed by atoms with Crippen LogP contribution in [0.2, 0.25) is 0 Å². The van der Waals surface area contributed by atoms with Gasteiger partial charge in [0, 0.05) is 23.7 Å². The first-order valence-electron chi connectivity index (χ1n) is 10.7. The fourth-order valence-electron chi connectivity index (χ4n) is 3.63. The van der Waals surface area contributed by atoms with E-state index in [4.69, 9.17) is 10.00 Å². The molecule has 1 aromatic heterocycles. The summed E-state index contributed by atoms with van der Waals surface area (Å²) in [5.74, 6) is 1.36. The second-order valence-electron chi connectivity index (χ2n) is 7.66. The van der Waals surface area contributed by atoms with E-state index in [1.165, 1.54) is 0 Å². The molecule has 2 N–H and O–H groups in total. The van der Waals surface area contributed by atoms with Gasteiger partial charge in [0.25, 0.3) is 5.91 Å². The van der Waals surface area contributed by atoms with E-state index in [0.29, 0.717) is 12.0 Å². The lowest BCUT2D eigenvalue weighted by Gasteiger charge is -2.23. The highest BCUT2D eigenvalue weighted by Gasteiger charge is 2.14. The van der Waals surface area contributed by atoms with Crippen molar-refractivity contribution in [3.05, 3.63) is 77.7 Å². The Morgan fingerprint density at radius 1 is 1.09 bits per heavy atom. The molecule has 0 radical (unpaired) electrons. The molecule has 0 unspecified atom stereocenters. The quantitative estimate of drug-likeness (QED) is 0.562. The molecule has 32 heavy (non-hydrogen) atoms. The molecule has 1 aliphatic rings.